The SMILES string of the molecule is CCNCc1sc(N(C)C(C)c2cccs2)nc1CC. The predicted molar refractivity (Wildman–Crippen MR) is 90.0 cm³/mol. The Balaban J connectivity index is 2.17. The normalized spacial score (nSPS) is 12.6. The number of aromatic nitrogens is 1. The molecular weight excluding hydrogens is 286 g/mol. The van der Waals surface area contributed by atoms with Crippen molar-refractivity contribution in [3.05, 3.63) is 33.0 Å². The van der Waals surface area contributed by atoms with Crippen LogP contribution in [0.2, 0.25) is 0 Å². The number of hydrogen-bond acceptors (Lipinski definition) is 5. The summed E-state index contributed by atoms with van der Waals surface area (Å²) in [4.78, 5) is 9.86. The van der Waals surface area contributed by atoms with Crippen molar-refractivity contribution < 1.29 is 0 Å². The first-order chi connectivity index (χ1) is 9.67. The molecule has 3 nitrogen and oxygen atoms in total. The summed E-state index contributed by atoms with van der Waals surface area (Å²) in [6.07, 6.45) is 0.998. The fraction of sp³-hybridized carbons (Fsp3) is 0.533. The second kappa shape index (κ2) is 7.20. The van der Waals surface area contributed by atoms with E-state index in [1.54, 1.807) is 0 Å². The first kappa shape index (κ1) is 15.5. The third-order valence-electron chi connectivity index (χ3n) is 3.48. The van der Waals surface area contributed by atoms with Gasteiger partial charge in [0.05, 0.1) is 11.7 Å². The van der Waals surface area contributed by atoms with Gasteiger partial charge in [0.25, 0.3) is 0 Å². The van der Waals surface area contributed by atoms with Gasteiger partial charge >= 0.3 is 0 Å². The highest BCUT2D eigenvalue weighted by atomic mass is 32.1. The largest absolute Gasteiger partial charge is 0.344 e. The number of aryl methyl sites for hydroxylation is 1. The van der Waals surface area contributed by atoms with Crippen LogP contribution in [0.25, 0.3) is 0 Å². The highest BCUT2D eigenvalue weighted by Gasteiger charge is 2.18. The highest BCUT2D eigenvalue weighted by molar-refractivity contribution is 7.15. The Labute approximate surface area is 129 Å². The van der Waals surface area contributed by atoms with Gasteiger partial charge in [-0.05, 0) is 31.3 Å². The van der Waals surface area contributed by atoms with Crippen molar-refractivity contribution in [2.45, 2.75) is 39.8 Å². The highest BCUT2D eigenvalue weighted by Crippen LogP contribution is 2.32. The van der Waals surface area contributed by atoms with Crippen molar-refractivity contribution in [2.24, 2.45) is 0 Å². The third kappa shape index (κ3) is 3.40. The lowest BCUT2D eigenvalue weighted by Gasteiger charge is -2.23. The third-order valence-corrected chi connectivity index (χ3v) is 5.71. The summed E-state index contributed by atoms with van der Waals surface area (Å²) in [7, 11) is 2.14. The van der Waals surface area contributed by atoms with Crippen LogP contribution in [0.1, 0.15) is 42.3 Å². The summed E-state index contributed by atoms with van der Waals surface area (Å²) in [6.45, 7) is 8.48. The molecule has 0 aliphatic carbocycles. The number of rotatable bonds is 7. The van der Waals surface area contributed by atoms with Gasteiger partial charge in [0, 0.05) is 23.3 Å². The van der Waals surface area contributed by atoms with E-state index in [1.807, 2.05) is 22.7 Å². The van der Waals surface area contributed by atoms with Crippen molar-refractivity contribution in [3.63, 3.8) is 0 Å². The van der Waals surface area contributed by atoms with E-state index in [2.05, 4.69) is 55.5 Å². The van der Waals surface area contributed by atoms with Crippen LogP contribution in [0.15, 0.2) is 17.5 Å². The van der Waals surface area contributed by atoms with Gasteiger partial charge in [-0.1, -0.05) is 19.9 Å². The molecule has 0 amide bonds. The van der Waals surface area contributed by atoms with E-state index in [9.17, 15) is 0 Å². The molecule has 2 rings (SSSR count). The lowest BCUT2D eigenvalue weighted by Crippen LogP contribution is -2.20. The smallest absolute Gasteiger partial charge is 0.186 e. The molecule has 1 atom stereocenters. The van der Waals surface area contributed by atoms with E-state index in [0.29, 0.717) is 6.04 Å². The minimum absolute atomic E-state index is 0.373. The average molecular weight is 310 g/mol. The molecule has 1 N–H and O–H groups in total. The summed E-state index contributed by atoms with van der Waals surface area (Å²) in [5, 5.41) is 6.66. The van der Waals surface area contributed by atoms with Gasteiger partial charge in [-0.25, -0.2) is 4.98 Å². The zero-order valence-electron chi connectivity index (χ0n) is 12.6. The van der Waals surface area contributed by atoms with E-state index >= 15 is 0 Å². The quantitative estimate of drug-likeness (QED) is 0.835. The minimum Gasteiger partial charge on any atom is -0.344 e. The maximum Gasteiger partial charge on any atom is 0.186 e. The summed E-state index contributed by atoms with van der Waals surface area (Å²) < 4.78 is 0. The maximum absolute atomic E-state index is 4.82. The van der Waals surface area contributed by atoms with Crippen LogP contribution >= 0.6 is 22.7 Å². The van der Waals surface area contributed by atoms with Crippen LogP contribution in [0.5, 0.6) is 0 Å². The summed E-state index contributed by atoms with van der Waals surface area (Å²) in [6, 6.07) is 4.68. The monoisotopic (exact) mass is 309 g/mol. The molecule has 0 aliphatic heterocycles. The first-order valence-electron chi connectivity index (χ1n) is 7.12. The van der Waals surface area contributed by atoms with Crippen molar-refractivity contribution >= 4 is 27.8 Å². The van der Waals surface area contributed by atoms with E-state index < -0.39 is 0 Å². The summed E-state index contributed by atoms with van der Waals surface area (Å²) >= 11 is 3.62. The fourth-order valence-electron chi connectivity index (χ4n) is 2.06. The van der Waals surface area contributed by atoms with Gasteiger partial charge in [0.15, 0.2) is 5.13 Å². The second-order valence-corrected chi connectivity index (χ2v) is 6.84. The fourth-order valence-corrected chi connectivity index (χ4v) is 4.05. The van der Waals surface area contributed by atoms with Crippen LogP contribution in [0.3, 0.4) is 0 Å². The van der Waals surface area contributed by atoms with E-state index in [0.717, 1.165) is 24.6 Å². The van der Waals surface area contributed by atoms with E-state index in [1.165, 1.54) is 15.4 Å². The van der Waals surface area contributed by atoms with Gasteiger partial charge in [-0.3, -0.25) is 0 Å². The molecule has 0 radical (unpaired) electrons. The minimum atomic E-state index is 0.373. The van der Waals surface area contributed by atoms with Crippen molar-refractivity contribution in [1.29, 1.82) is 0 Å². The zero-order valence-corrected chi connectivity index (χ0v) is 14.3. The molecule has 0 aliphatic rings. The molecule has 0 spiro atoms. The van der Waals surface area contributed by atoms with Crippen LogP contribution in [-0.2, 0) is 13.0 Å². The molecule has 0 bridgehead atoms. The predicted octanol–water partition coefficient (Wildman–Crippen LogP) is 4.07. The van der Waals surface area contributed by atoms with Crippen LogP contribution in [0, 0.1) is 0 Å². The van der Waals surface area contributed by atoms with Gasteiger partial charge in [-0.15, -0.1) is 22.7 Å². The zero-order chi connectivity index (χ0) is 14.5. The van der Waals surface area contributed by atoms with Crippen LogP contribution in [-0.4, -0.2) is 18.6 Å². The summed E-state index contributed by atoms with van der Waals surface area (Å²) in [5.41, 5.74) is 1.23. The Kier molecular flexibility index (Phi) is 5.57. The van der Waals surface area contributed by atoms with Gasteiger partial charge in [-0.2, -0.15) is 0 Å². The number of nitrogens with one attached hydrogen (secondary N) is 1. The molecule has 1 unspecified atom stereocenters. The molecule has 2 aromatic rings. The van der Waals surface area contributed by atoms with Crippen molar-refractivity contribution in [1.82, 2.24) is 10.3 Å². The van der Waals surface area contributed by atoms with Gasteiger partial charge in [0.2, 0.25) is 0 Å². The Bertz CT molecular complexity index is 519. The van der Waals surface area contributed by atoms with Crippen LogP contribution < -0.4 is 10.2 Å². The number of thiazole rings is 1. The molecule has 110 valence electrons. The molecule has 2 heterocycles. The molecule has 20 heavy (non-hydrogen) atoms. The number of anilines is 1. The number of nitrogens with zero attached hydrogens (tertiary/aromatic N) is 2. The molecule has 2 aromatic heterocycles. The summed E-state index contributed by atoms with van der Waals surface area (Å²) in [5.74, 6) is 0. The maximum atomic E-state index is 4.82. The Morgan fingerprint density at radius 3 is 2.80 bits per heavy atom. The molecule has 0 saturated carbocycles. The second-order valence-electron chi connectivity index (χ2n) is 4.80. The van der Waals surface area contributed by atoms with Crippen molar-refractivity contribution in [2.75, 3.05) is 18.5 Å². The van der Waals surface area contributed by atoms with E-state index in [-0.39, 0.29) is 0 Å². The lowest BCUT2D eigenvalue weighted by atomic mass is 10.2. The number of hydrogen-bond donors (Lipinski definition) is 1. The molecule has 0 saturated heterocycles. The Morgan fingerprint density at radius 1 is 1.40 bits per heavy atom. The molecular formula is C15H23N3S2. The van der Waals surface area contributed by atoms with Crippen LogP contribution in [0.4, 0.5) is 5.13 Å². The molecule has 5 heteroatoms. The number of thiophene rings is 1. The average Bonchev–Trinajstić information content (AvgIpc) is 3.12. The Morgan fingerprint density at radius 2 is 2.20 bits per heavy atom. The van der Waals surface area contributed by atoms with Crippen molar-refractivity contribution in [3.8, 4) is 0 Å². The Hall–Kier alpha value is -0.910. The molecule has 0 aromatic carbocycles. The topological polar surface area (TPSA) is 28.2 Å². The van der Waals surface area contributed by atoms with Gasteiger partial charge < -0.3 is 10.2 Å². The lowest BCUT2D eigenvalue weighted by molar-refractivity contribution is 0.726. The standard InChI is InChI=1S/C15H23N3S2/c1-5-12-14(10-16-6-2)20-15(17-12)18(4)11(3)13-8-7-9-19-13/h7-9,11,16H,5-6,10H2,1-4H3. The van der Waals surface area contributed by atoms with E-state index in [4.69, 9.17) is 4.98 Å². The van der Waals surface area contributed by atoms with Gasteiger partial charge in [0.1, 0.15) is 0 Å². The molecule has 0 fully saturated rings. The first-order valence-corrected chi connectivity index (χ1v) is 8.82.